The molecule has 0 saturated heterocycles. The summed E-state index contributed by atoms with van der Waals surface area (Å²) in [5.74, 6) is -1.15. The van der Waals surface area contributed by atoms with E-state index in [0.29, 0.717) is 22.7 Å². The second kappa shape index (κ2) is 4.67. The van der Waals surface area contributed by atoms with Crippen LogP contribution in [0, 0.1) is 6.92 Å². The first kappa shape index (κ1) is 13.6. The first-order chi connectivity index (χ1) is 8.79. The second-order valence-corrected chi connectivity index (χ2v) is 6.82. The molecule has 2 aromatic rings. The Kier molecular flexibility index (Phi) is 3.33. The number of nitrogens with zero attached hydrogens (tertiary/aromatic N) is 2. The highest BCUT2D eigenvalue weighted by Crippen LogP contribution is 2.24. The number of aromatic nitrogens is 2. The van der Waals surface area contributed by atoms with E-state index in [1.165, 1.54) is 16.8 Å². The van der Waals surface area contributed by atoms with Crippen molar-refractivity contribution in [2.24, 2.45) is 7.05 Å². The van der Waals surface area contributed by atoms with Gasteiger partial charge in [-0.15, -0.1) is 11.3 Å². The molecule has 0 unspecified atom stereocenters. The van der Waals surface area contributed by atoms with Crippen molar-refractivity contribution in [3.8, 4) is 0 Å². The number of sulfonamides is 1. The van der Waals surface area contributed by atoms with E-state index in [0.717, 1.165) is 0 Å². The van der Waals surface area contributed by atoms with Gasteiger partial charge in [0.15, 0.2) is 0 Å². The van der Waals surface area contributed by atoms with E-state index in [-0.39, 0.29) is 9.09 Å². The molecule has 0 aliphatic carbocycles. The van der Waals surface area contributed by atoms with Gasteiger partial charge in [0.25, 0.3) is 10.0 Å². The molecule has 9 heteroatoms. The summed E-state index contributed by atoms with van der Waals surface area (Å²) in [4.78, 5) is 10.7. The molecule has 0 bridgehead atoms. The molecule has 102 valence electrons. The van der Waals surface area contributed by atoms with Gasteiger partial charge < -0.3 is 5.11 Å². The summed E-state index contributed by atoms with van der Waals surface area (Å²) < 4.78 is 28.0. The van der Waals surface area contributed by atoms with Gasteiger partial charge in [-0.1, -0.05) is 0 Å². The van der Waals surface area contributed by atoms with Crippen LogP contribution in [0.15, 0.2) is 22.5 Å². The van der Waals surface area contributed by atoms with Crippen LogP contribution in [-0.2, 0) is 17.1 Å². The van der Waals surface area contributed by atoms with Crippen LogP contribution in [0.4, 0.5) is 5.69 Å². The maximum atomic E-state index is 12.1. The number of carboxylic acid groups (broad SMARTS) is 1. The highest BCUT2D eigenvalue weighted by Gasteiger charge is 2.20. The van der Waals surface area contributed by atoms with E-state index < -0.39 is 16.0 Å². The second-order valence-electron chi connectivity index (χ2n) is 3.83. The Balaban J connectivity index is 2.32. The third-order valence-electron chi connectivity index (χ3n) is 2.31. The molecule has 2 rings (SSSR count). The smallest absolute Gasteiger partial charge is 0.345 e. The molecule has 2 N–H and O–H groups in total. The largest absolute Gasteiger partial charge is 0.477 e. The molecule has 0 radical (unpaired) electrons. The number of thiophene rings is 1. The zero-order valence-corrected chi connectivity index (χ0v) is 11.7. The molecular weight excluding hydrogens is 290 g/mol. The topological polar surface area (TPSA) is 101 Å². The lowest BCUT2D eigenvalue weighted by Crippen LogP contribution is -2.11. The number of aromatic carboxylic acids is 1. The van der Waals surface area contributed by atoms with Gasteiger partial charge in [-0.25, -0.2) is 13.2 Å². The van der Waals surface area contributed by atoms with Crippen molar-refractivity contribution in [3.05, 3.63) is 28.9 Å². The fourth-order valence-electron chi connectivity index (χ4n) is 1.47. The Bertz CT molecular complexity index is 730. The van der Waals surface area contributed by atoms with Crippen molar-refractivity contribution in [2.45, 2.75) is 11.1 Å². The quantitative estimate of drug-likeness (QED) is 0.886. The zero-order valence-electron chi connectivity index (χ0n) is 10.1. The average molecular weight is 301 g/mol. The maximum absolute atomic E-state index is 12.1. The Hall–Kier alpha value is -1.87. The van der Waals surface area contributed by atoms with E-state index in [1.807, 2.05) is 0 Å². The summed E-state index contributed by atoms with van der Waals surface area (Å²) in [7, 11) is -2.10. The van der Waals surface area contributed by atoms with Gasteiger partial charge in [-0.3, -0.25) is 9.40 Å². The van der Waals surface area contributed by atoms with Crippen LogP contribution in [0.5, 0.6) is 0 Å². The van der Waals surface area contributed by atoms with Gasteiger partial charge in [0.2, 0.25) is 0 Å². The van der Waals surface area contributed by atoms with E-state index in [9.17, 15) is 13.2 Å². The summed E-state index contributed by atoms with van der Waals surface area (Å²) in [5.41, 5.74) is 0.911. The van der Waals surface area contributed by atoms with Crippen LogP contribution >= 0.6 is 11.3 Å². The first-order valence-corrected chi connectivity index (χ1v) is 7.46. The normalized spacial score (nSPS) is 11.5. The van der Waals surface area contributed by atoms with E-state index >= 15 is 0 Å². The SMILES string of the molecule is Cc1nn(C)cc1NS(=O)(=O)c1ccc(C(=O)O)s1. The van der Waals surface area contributed by atoms with Gasteiger partial charge in [-0.05, 0) is 19.1 Å². The number of hydrogen-bond acceptors (Lipinski definition) is 5. The molecule has 0 aliphatic heterocycles. The summed E-state index contributed by atoms with van der Waals surface area (Å²) in [5, 5.41) is 12.8. The third-order valence-corrected chi connectivity index (χ3v) is 5.25. The summed E-state index contributed by atoms with van der Waals surface area (Å²) in [6.45, 7) is 1.68. The van der Waals surface area contributed by atoms with Crippen LogP contribution in [0.25, 0.3) is 0 Å². The summed E-state index contributed by atoms with van der Waals surface area (Å²) in [6.07, 6.45) is 1.54. The third kappa shape index (κ3) is 2.76. The number of anilines is 1. The van der Waals surface area contributed by atoms with E-state index in [2.05, 4.69) is 9.82 Å². The van der Waals surface area contributed by atoms with Crippen LogP contribution in [0.1, 0.15) is 15.4 Å². The number of carboxylic acids is 1. The zero-order chi connectivity index (χ0) is 14.2. The van der Waals surface area contributed by atoms with Crippen LogP contribution < -0.4 is 4.72 Å². The van der Waals surface area contributed by atoms with Gasteiger partial charge in [0.05, 0.1) is 11.4 Å². The van der Waals surface area contributed by atoms with Crippen molar-refractivity contribution in [1.82, 2.24) is 9.78 Å². The molecule has 0 fully saturated rings. The highest BCUT2D eigenvalue weighted by molar-refractivity contribution is 7.94. The van der Waals surface area contributed by atoms with Crippen molar-refractivity contribution in [3.63, 3.8) is 0 Å². The van der Waals surface area contributed by atoms with E-state index in [4.69, 9.17) is 5.11 Å². The molecule has 0 saturated carbocycles. The van der Waals surface area contributed by atoms with Gasteiger partial charge in [0, 0.05) is 13.2 Å². The highest BCUT2D eigenvalue weighted by atomic mass is 32.2. The Morgan fingerprint density at radius 2 is 2.16 bits per heavy atom. The van der Waals surface area contributed by atoms with E-state index in [1.54, 1.807) is 20.2 Å². The minimum Gasteiger partial charge on any atom is -0.477 e. The number of rotatable bonds is 4. The molecule has 0 aliphatic rings. The van der Waals surface area contributed by atoms with Crippen LogP contribution in [0.2, 0.25) is 0 Å². The number of hydrogen-bond donors (Lipinski definition) is 2. The van der Waals surface area contributed by atoms with Crippen molar-refractivity contribution in [1.29, 1.82) is 0 Å². The van der Waals surface area contributed by atoms with Crippen LogP contribution in [0.3, 0.4) is 0 Å². The summed E-state index contributed by atoms with van der Waals surface area (Å²) >= 11 is 0.703. The molecule has 7 nitrogen and oxygen atoms in total. The molecule has 0 amide bonds. The van der Waals surface area contributed by atoms with Gasteiger partial charge in [0.1, 0.15) is 9.09 Å². The van der Waals surface area contributed by atoms with Crippen molar-refractivity contribution < 1.29 is 18.3 Å². The molecule has 0 aromatic carbocycles. The predicted molar refractivity (Wildman–Crippen MR) is 70.0 cm³/mol. The lowest BCUT2D eigenvalue weighted by atomic mass is 10.4. The van der Waals surface area contributed by atoms with Crippen molar-refractivity contribution in [2.75, 3.05) is 4.72 Å². The Morgan fingerprint density at radius 3 is 2.63 bits per heavy atom. The number of carbonyl (C=O) groups is 1. The molecule has 19 heavy (non-hydrogen) atoms. The number of aryl methyl sites for hydroxylation is 2. The lowest BCUT2D eigenvalue weighted by Gasteiger charge is -2.03. The molecule has 2 heterocycles. The lowest BCUT2D eigenvalue weighted by molar-refractivity contribution is 0.0702. The minimum absolute atomic E-state index is 0.0247. The molecular formula is C10H11N3O4S2. The molecule has 0 spiro atoms. The predicted octanol–water partition coefficient (Wildman–Crippen LogP) is 1.29. The Labute approximate surface area is 113 Å². The fraction of sp³-hybridized carbons (Fsp3) is 0.200. The van der Waals surface area contributed by atoms with Crippen LogP contribution in [-0.4, -0.2) is 29.3 Å². The fourth-order valence-corrected chi connectivity index (χ4v) is 3.72. The average Bonchev–Trinajstić information content (AvgIpc) is 2.86. The van der Waals surface area contributed by atoms with Gasteiger partial charge in [-0.2, -0.15) is 5.10 Å². The van der Waals surface area contributed by atoms with Crippen molar-refractivity contribution >= 4 is 33.0 Å². The maximum Gasteiger partial charge on any atom is 0.345 e. The minimum atomic E-state index is -3.78. The number of nitrogens with one attached hydrogen (secondary N) is 1. The standard InChI is InChI=1S/C10H11N3O4S2/c1-6-7(5-13(2)11-6)12-19(16,17)9-4-3-8(18-9)10(14)15/h3-5,12H,1-2H3,(H,14,15). The summed E-state index contributed by atoms with van der Waals surface area (Å²) in [6, 6.07) is 2.53. The first-order valence-electron chi connectivity index (χ1n) is 5.16. The monoisotopic (exact) mass is 301 g/mol. The molecule has 2 aromatic heterocycles. The van der Waals surface area contributed by atoms with Gasteiger partial charge >= 0.3 is 5.97 Å². The molecule has 0 atom stereocenters. The Morgan fingerprint density at radius 1 is 1.47 bits per heavy atom.